The molecule has 12 heavy (non-hydrogen) atoms. The van der Waals surface area contributed by atoms with Crippen molar-refractivity contribution in [3.63, 3.8) is 0 Å². The predicted octanol–water partition coefficient (Wildman–Crippen LogP) is 1.47. The Morgan fingerprint density at radius 3 is 2.17 bits per heavy atom. The highest BCUT2D eigenvalue weighted by molar-refractivity contribution is 7.38. The van der Waals surface area contributed by atoms with Gasteiger partial charge in [0.25, 0.3) is 0 Å². The zero-order chi connectivity index (χ0) is 8.27. The lowest BCUT2D eigenvalue weighted by atomic mass is 10.2. The molecule has 1 rings (SSSR count). The van der Waals surface area contributed by atoms with Crippen molar-refractivity contribution in [1.29, 1.82) is 0 Å². The highest BCUT2D eigenvalue weighted by Gasteiger charge is 2.27. The van der Waals surface area contributed by atoms with Gasteiger partial charge in [0.05, 0.1) is 0 Å². The molecule has 0 saturated carbocycles. The summed E-state index contributed by atoms with van der Waals surface area (Å²) in [6.45, 7) is 0. The smallest absolute Gasteiger partial charge is 0.345 e. The second kappa shape index (κ2) is 5.34. The minimum atomic E-state index is -2.53. The molecule has 66 valence electrons. The quantitative estimate of drug-likeness (QED) is 0.718. The Balaban J connectivity index is 0.00000121. The van der Waals surface area contributed by atoms with E-state index in [1.165, 1.54) is 0 Å². The van der Waals surface area contributed by atoms with Crippen LogP contribution in [0.1, 0.15) is 11.4 Å². The Morgan fingerprint density at radius 2 is 1.75 bits per heavy atom. The van der Waals surface area contributed by atoms with E-state index in [1.807, 2.05) is 0 Å². The second-order valence-electron chi connectivity index (χ2n) is 2.09. The summed E-state index contributed by atoms with van der Waals surface area (Å²) in [6.07, 6.45) is 0. The Bertz CT molecular complexity index is 250. The Kier molecular flexibility index (Phi) is 5.19. The van der Waals surface area contributed by atoms with Crippen LogP contribution in [0.3, 0.4) is 0 Å². The van der Waals surface area contributed by atoms with E-state index in [9.17, 15) is 4.57 Å². The van der Waals surface area contributed by atoms with Gasteiger partial charge in [-0.25, -0.2) is 0 Å². The number of hydrogen-bond donors (Lipinski definition) is 2. The molecule has 0 bridgehead atoms. The molecule has 3 nitrogen and oxygen atoms in total. The average Bonchev–Trinajstić information content (AvgIpc) is 2.05. The molecule has 0 aromatic heterocycles. The fourth-order valence-corrected chi connectivity index (χ4v) is 1.18. The van der Waals surface area contributed by atoms with Crippen LogP contribution >= 0.6 is 17.9 Å². The van der Waals surface area contributed by atoms with Gasteiger partial charge in [0.15, 0.2) is 0 Å². The van der Waals surface area contributed by atoms with Crippen molar-refractivity contribution in [2.45, 2.75) is 5.85 Å². The van der Waals surface area contributed by atoms with Crippen molar-refractivity contribution in [2.75, 3.05) is 0 Å². The molecule has 5 heteroatoms. The van der Waals surface area contributed by atoms with Gasteiger partial charge in [-0.2, -0.15) is 14.8 Å². The number of rotatable bonds is 2. The summed E-state index contributed by atoms with van der Waals surface area (Å²) in [7, 11) is -2.53. The SMILES string of the molecule is O=[P+](O)C(O)c1ccccc1.P. The van der Waals surface area contributed by atoms with E-state index in [0.29, 0.717) is 5.56 Å². The summed E-state index contributed by atoms with van der Waals surface area (Å²) in [5, 5.41) is 9.06. The Morgan fingerprint density at radius 1 is 1.25 bits per heavy atom. The van der Waals surface area contributed by atoms with Crippen LogP contribution in [-0.4, -0.2) is 10.00 Å². The Hall–Kier alpha value is -0.330. The molecule has 0 aliphatic heterocycles. The summed E-state index contributed by atoms with van der Waals surface area (Å²) >= 11 is 0. The van der Waals surface area contributed by atoms with E-state index in [2.05, 4.69) is 0 Å². The number of benzene rings is 1. The van der Waals surface area contributed by atoms with Gasteiger partial charge in [0, 0.05) is 5.56 Å². The van der Waals surface area contributed by atoms with E-state index >= 15 is 0 Å². The third-order valence-electron chi connectivity index (χ3n) is 1.31. The van der Waals surface area contributed by atoms with E-state index in [0.717, 1.165) is 0 Å². The van der Waals surface area contributed by atoms with Crippen LogP contribution < -0.4 is 0 Å². The van der Waals surface area contributed by atoms with Crippen LogP contribution in [0, 0.1) is 0 Å². The topological polar surface area (TPSA) is 57.5 Å². The Labute approximate surface area is 74.9 Å². The van der Waals surface area contributed by atoms with E-state index in [1.54, 1.807) is 30.3 Å². The largest absolute Gasteiger partial charge is 0.542 e. The van der Waals surface area contributed by atoms with E-state index in [4.69, 9.17) is 10.00 Å². The maximum Gasteiger partial charge on any atom is 0.542 e. The van der Waals surface area contributed by atoms with Gasteiger partial charge in [-0.15, -0.1) is 0 Å². The zero-order valence-corrected chi connectivity index (χ0v) is 8.73. The third-order valence-corrected chi connectivity index (χ3v) is 2.02. The molecule has 0 aliphatic rings. The van der Waals surface area contributed by atoms with Gasteiger partial charge >= 0.3 is 13.9 Å². The molecule has 1 aromatic carbocycles. The van der Waals surface area contributed by atoms with Crippen LogP contribution in [0.15, 0.2) is 30.3 Å². The van der Waals surface area contributed by atoms with Crippen molar-refractivity contribution >= 4 is 17.9 Å². The zero-order valence-electron chi connectivity index (χ0n) is 6.42. The molecule has 3 unspecified atom stereocenters. The van der Waals surface area contributed by atoms with Crippen molar-refractivity contribution < 1.29 is 14.6 Å². The van der Waals surface area contributed by atoms with E-state index in [-0.39, 0.29) is 9.90 Å². The monoisotopic (exact) mass is 205 g/mol. The molecule has 1 aromatic rings. The minimum Gasteiger partial charge on any atom is -0.345 e. The molecule has 0 heterocycles. The molecule has 2 N–H and O–H groups in total. The van der Waals surface area contributed by atoms with Crippen LogP contribution in [0.2, 0.25) is 0 Å². The first kappa shape index (κ1) is 11.7. The van der Waals surface area contributed by atoms with Crippen LogP contribution in [-0.2, 0) is 4.57 Å². The van der Waals surface area contributed by atoms with Gasteiger partial charge in [-0.05, 0) is 4.57 Å². The maximum atomic E-state index is 10.4. The van der Waals surface area contributed by atoms with Gasteiger partial charge in [-0.1, -0.05) is 30.3 Å². The number of hydrogen-bond acceptors (Lipinski definition) is 2. The van der Waals surface area contributed by atoms with Gasteiger partial charge < -0.3 is 5.11 Å². The lowest BCUT2D eigenvalue weighted by Gasteiger charge is -1.94. The summed E-state index contributed by atoms with van der Waals surface area (Å²) in [5.41, 5.74) is 0.469. The first-order valence-corrected chi connectivity index (χ1v) is 4.38. The van der Waals surface area contributed by atoms with Crippen molar-refractivity contribution in [2.24, 2.45) is 0 Å². The fourth-order valence-electron chi connectivity index (χ4n) is 0.753. The highest BCUT2D eigenvalue weighted by atomic mass is 31.1. The molecule has 0 spiro atoms. The molecule has 0 aliphatic carbocycles. The predicted molar refractivity (Wildman–Crippen MR) is 52.3 cm³/mol. The molecule has 0 saturated heterocycles. The molecule has 3 atom stereocenters. The van der Waals surface area contributed by atoms with Crippen LogP contribution in [0.4, 0.5) is 0 Å². The van der Waals surface area contributed by atoms with Gasteiger partial charge in [0.1, 0.15) is 0 Å². The average molecular weight is 205 g/mol. The summed E-state index contributed by atoms with van der Waals surface area (Å²) in [6, 6.07) is 8.40. The summed E-state index contributed by atoms with van der Waals surface area (Å²) < 4.78 is 10.4. The molecular weight excluding hydrogens is 194 g/mol. The van der Waals surface area contributed by atoms with Crippen molar-refractivity contribution in [3.8, 4) is 0 Å². The number of aliphatic hydroxyl groups excluding tert-OH is 1. The highest BCUT2D eigenvalue weighted by Crippen LogP contribution is 2.34. The van der Waals surface area contributed by atoms with Gasteiger partial charge in [0.2, 0.25) is 0 Å². The first-order chi connectivity index (χ1) is 5.22. The van der Waals surface area contributed by atoms with Gasteiger partial charge in [-0.3, -0.25) is 0 Å². The van der Waals surface area contributed by atoms with E-state index < -0.39 is 13.9 Å². The van der Waals surface area contributed by atoms with Crippen molar-refractivity contribution in [1.82, 2.24) is 0 Å². The molecule has 0 fully saturated rings. The van der Waals surface area contributed by atoms with Crippen LogP contribution in [0.5, 0.6) is 0 Å². The lowest BCUT2D eigenvalue weighted by molar-refractivity contribution is 0.243. The standard InChI is InChI=1S/C7H7O3P.H3P/c8-7(11(9)10)6-4-2-1-3-5-6;/h1-5,7-8H;1H3/p+1. The summed E-state index contributed by atoms with van der Waals surface area (Å²) in [5.74, 6) is -1.26. The second-order valence-corrected chi connectivity index (χ2v) is 3.18. The molecule has 0 radical (unpaired) electrons. The fraction of sp³-hybridized carbons (Fsp3) is 0.143. The normalized spacial score (nSPS) is 13.0. The maximum absolute atomic E-state index is 10.4. The number of aliphatic hydroxyl groups is 1. The third kappa shape index (κ3) is 2.96. The molecule has 0 amide bonds. The summed E-state index contributed by atoms with van der Waals surface area (Å²) in [4.78, 5) is 8.53. The lowest BCUT2D eigenvalue weighted by Crippen LogP contribution is -1.89. The van der Waals surface area contributed by atoms with Crippen LogP contribution in [0.25, 0.3) is 0 Å². The van der Waals surface area contributed by atoms with Crippen molar-refractivity contribution in [3.05, 3.63) is 35.9 Å². The first-order valence-electron chi connectivity index (χ1n) is 3.10. The molecular formula is C7H11O3P2+. The minimum absolute atomic E-state index is 0.